The summed E-state index contributed by atoms with van der Waals surface area (Å²) in [5, 5.41) is 12.7. The van der Waals surface area contributed by atoms with E-state index in [0.717, 1.165) is 0 Å². The van der Waals surface area contributed by atoms with E-state index in [-0.39, 0.29) is 11.7 Å². The lowest BCUT2D eigenvalue weighted by Gasteiger charge is -1.93. The summed E-state index contributed by atoms with van der Waals surface area (Å²) in [6.07, 6.45) is 3.63. The predicted octanol–water partition coefficient (Wildman–Crippen LogP) is 0.806. The van der Waals surface area contributed by atoms with Gasteiger partial charge in [-0.2, -0.15) is 5.10 Å². The van der Waals surface area contributed by atoms with E-state index in [2.05, 4.69) is 5.10 Å². The van der Waals surface area contributed by atoms with E-state index in [9.17, 15) is 9.59 Å². The SMILES string of the molecule is CCn1cc(C(=O)[C@@H]2C[C@H]2C(=O)O)cn1. The molecular formula is C10H12N2O3. The van der Waals surface area contributed by atoms with Gasteiger partial charge in [0.1, 0.15) is 0 Å². The number of aromatic nitrogens is 2. The van der Waals surface area contributed by atoms with Crippen molar-refractivity contribution >= 4 is 11.8 Å². The van der Waals surface area contributed by atoms with E-state index in [4.69, 9.17) is 5.11 Å². The molecule has 0 aliphatic heterocycles. The van der Waals surface area contributed by atoms with E-state index in [1.807, 2.05) is 6.92 Å². The van der Waals surface area contributed by atoms with Gasteiger partial charge in [0.15, 0.2) is 5.78 Å². The number of nitrogens with zero attached hydrogens (tertiary/aromatic N) is 2. The van der Waals surface area contributed by atoms with Crippen molar-refractivity contribution in [3.63, 3.8) is 0 Å². The summed E-state index contributed by atoms with van der Waals surface area (Å²) < 4.78 is 1.66. The Hall–Kier alpha value is -1.65. The van der Waals surface area contributed by atoms with Crippen LogP contribution in [0.1, 0.15) is 23.7 Å². The second-order valence-corrected chi connectivity index (χ2v) is 3.74. The summed E-state index contributed by atoms with van der Waals surface area (Å²) in [5.41, 5.74) is 0.519. The number of aryl methyl sites for hydroxylation is 1. The van der Waals surface area contributed by atoms with E-state index >= 15 is 0 Å². The summed E-state index contributed by atoms with van der Waals surface area (Å²) in [6, 6.07) is 0. The molecule has 1 aliphatic rings. The van der Waals surface area contributed by atoms with Crippen LogP contribution in [0.4, 0.5) is 0 Å². The molecule has 0 amide bonds. The minimum atomic E-state index is -0.878. The number of carbonyl (C=O) groups is 2. The normalized spacial score (nSPS) is 23.8. The summed E-state index contributed by atoms with van der Waals surface area (Å²) in [5.74, 6) is -1.79. The lowest BCUT2D eigenvalue weighted by Crippen LogP contribution is -2.07. The van der Waals surface area contributed by atoms with Crippen LogP contribution in [-0.2, 0) is 11.3 Å². The topological polar surface area (TPSA) is 72.2 Å². The van der Waals surface area contributed by atoms with Crippen LogP contribution in [-0.4, -0.2) is 26.6 Å². The summed E-state index contributed by atoms with van der Waals surface area (Å²) >= 11 is 0. The maximum absolute atomic E-state index is 11.7. The van der Waals surface area contributed by atoms with Crippen LogP contribution in [0.15, 0.2) is 12.4 Å². The Morgan fingerprint density at radius 2 is 2.33 bits per heavy atom. The van der Waals surface area contributed by atoms with Crippen LogP contribution in [0, 0.1) is 11.8 Å². The molecule has 1 aliphatic carbocycles. The molecule has 0 saturated heterocycles. The van der Waals surface area contributed by atoms with E-state index in [0.29, 0.717) is 18.5 Å². The monoisotopic (exact) mass is 208 g/mol. The molecular weight excluding hydrogens is 196 g/mol. The van der Waals surface area contributed by atoms with Crippen LogP contribution >= 0.6 is 0 Å². The molecule has 2 rings (SSSR count). The number of carbonyl (C=O) groups excluding carboxylic acids is 1. The van der Waals surface area contributed by atoms with Gasteiger partial charge < -0.3 is 5.11 Å². The fourth-order valence-corrected chi connectivity index (χ4v) is 1.64. The van der Waals surface area contributed by atoms with Crippen molar-refractivity contribution in [3.8, 4) is 0 Å². The van der Waals surface area contributed by atoms with Crippen LogP contribution < -0.4 is 0 Å². The van der Waals surface area contributed by atoms with Gasteiger partial charge in [-0.1, -0.05) is 0 Å². The van der Waals surface area contributed by atoms with Crippen molar-refractivity contribution in [1.82, 2.24) is 9.78 Å². The number of hydrogen-bond acceptors (Lipinski definition) is 3. The molecule has 80 valence electrons. The second kappa shape index (κ2) is 3.49. The number of carboxylic acids is 1. The Bertz CT molecular complexity index is 411. The highest BCUT2D eigenvalue weighted by molar-refractivity contribution is 6.02. The second-order valence-electron chi connectivity index (χ2n) is 3.74. The quantitative estimate of drug-likeness (QED) is 0.743. The average Bonchev–Trinajstić information content (AvgIpc) is 2.88. The molecule has 0 spiro atoms. The summed E-state index contributed by atoms with van der Waals surface area (Å²) in [4.78, 5) is 22.3. The number of ketones is 1. The molecule has 5 nitrogen and oxygen atoms in total. The number of hydrogen-bond donors (Lipinski definition) is 1. The van der Waals surface area contributed by atoms with Gasteiger partial charge in [-0.25, -0.2) is 0 Å². The summed E-state index contributed by atoms with van der Waals surface area (Å²) in [7, 11) is 0. The molecule has 2 atom stereocenters. The van der Waals surface area contributed by atoms with Gasteiger partial charge in [-0.15, -0.1) is 0 Å². The van der Waals surface area contributed by atoms with Crippen molar-refractivity contribution in [3.05, 3.63) is 18.0 Å². The van der Waals surface area contributed by atoms with Gasteiger partial charge in [-0.05, 0) is 13.3 Å². The molecule has 0 unspecified atom stereocenters. The van der Waals surface area contributed by atoms with Gasteiger partial charge in [0.25, 0.3) is 0 Å². The Kier molecular flexibility index (Phi) is 2.30. The molecule has 0 bridgehead atoms. The Labute approximate surface area is 86.7 Å². The Morgan fingerprint density at radius 1 is 1.60 bits per heavy atom. The van der Waals surface area contributed by atoms with Crippen LogP contribution in [0.5, 0.6) is 0 Å². The molecule has 1 heterocycles. The first-order valence-electron chi connectivity index (χ1n) is 4.93. The number of aliphatic carboxylic acids is 1. The highest BCUT2D eigenvalue weighted by atomic mass is 16.4. The molecule has 5 heteroatoms. The van der Waals surface area contributed by atoms with Crippen LogP contribution in [0.2, 0.25) is 0 Å². The van der Waals surface area contributed by atoms with Crippen molar-refractivity contribution in [2.75, 3.05) is 0 Å². The minimum Gasteiger partial charge on any atom is -0.481 e. The third kappa shape index (κ3) is 1.77. The zero-order valence-corrected chi connectivity index (χ0v) is 8.38. The number of Topliss-reactive ketones (excluding diaryl/α,β-unsaturated/α-hetero) is 1. The van der Waals surface area contributed by atoms with Crippen molar-refractivity contribution in [2.24, 2.45) is 11.8 Å². The maximum Gasteiger partial charge on any atom is 0.307 e. The van der Waals surface area contributed by atoms with Gasteiger partial charge in [0, 0.05) is 18.7 Å². The van der Waals surface area contributed by atoms with Crippen molar-refractivity contribution in [1.29, 1.82) is 0 Å². The zero-order chi connectivity index (χ0) is 11.0. The third-order valence-electron chi connectivity index (χ3n) is 2.69. The van der Waals surface area contributed by atoms with Crippen molar-refractivity contribution in [2.45, 2.75) is 19.9 Å². The lowest BCUT2D eigenvalue weighted by atomic mass is 10.1. The van der Waals surface area contributed by atoms with Gasteiger partial charge in [0.2, 0.25) is 0 Å². The van der Waals surface area contributed by atoms with E-state index in [1.54, 1.807) is 10.9 Å². The minimum absolute atomic E-state index is 0.0953. The third-order valence-corrected chi connectivity index (χ3v) is 2.69. The fourth-order valence-electron chi connectivity index (χ4n) is 1.64. The maximum atomic E-state index is 11.7. The molecule has 1 saturated carbocycles. The average molecular weight is 208 g/mol. The van der Waals surface area contributed by atoms with E-state index in [1.165, 1.54) is 6.20 Å². The molecule has 1 N–H and O–H groups in total. The van der Waals surface area contributed by atoms with E-state index < -0.39 is 11.9 Å². The standard InChI is InChI=1S/C10H12N2O3/c1-2-12-5-6(4-11-12)9(13)7-3-8(7)10(14)15/h4-5,7-8H,2-3H2,1H3,(H,14,15)/t7-,8-/m1/s1. The smallest absolute Gasteiger partial charge is 0.307 e. The first-order chi connectivity index (χ1) is 7.13. The summed E-state index contributed by atoms with van der Waals surface area (Å²) in [6.45, 7) is 2.64. The molecule has 1 aromatic heterocycles. The number of carboxylic acid groups (broad SMARTS) is 1. The molecule has 15 heavy (non-hydrogen) atoms. The van der Waals surface area contributed by atoms with Crippen LogP contribution in [0.25, 0.3) is 0 Å². The van der Waals surface area contributed by atoms with Crippen molar-refractivity contribution < 1.29 is 14.7 Å². The molecule has 0 radical (unpaired) electrons. The Balaban J connectivity index is 2.06. The zero-order valence-electron chi connectivity index (χ0n) is 8.38. The fraction of sp³-hybridized carbons (Fsp3) is 0.500. The highest BCUT2D eigenvalue weighted by Crippen LogP contribution is 2.40. The van der Waals surface area contributed by atoms with Gasteiger partial charge in [-0.3, -0.25) is 14.3 Å². The molecule has 1 aromatic rings. The molecule has 1 fully saturated rings. The predicted molar refractivity (Wildman–Crippen MR) is 51.5 cm³/mol. The number of rotatable bonds is 4. The largest absolute Gasteiger partial charge is 0.481 e. The van der Waals surface area contributed by atoms with Gasteiger partial charge >= 0.3 is 5.97 Å². The van der Waals surface area contributed by atoms with Gasteiger partial charge in [0.05, 0.1) is 17.7 Å². The van der Waals surface area contributed by atoms with Crippen LogP contribution in [0.3, 0.4) is 0 Å². The molecule has 0 aromatic carbocycles. The lowest BCUT2D eigenvalue weighted by molar-refractivity contribution is -0.138. The first-order valence-corrected chi connectivity index (χ1v) is 4.93. The first kappa shape index (κ1) is 9.89. The Morgan fingerprint density at radius 3 is 2.80 bits per heavy atom. The highest BCUT2D eigenvalue weighted by Gasteiger charge is 2.48.